The Morgan fingerprint density at radius 3 is 2.81 bits per heavy atom. The molecule has 1 fully saturated rings. The van der Waals surface area contributed by atoms with Crippen LogP contribution < -0.4 is 5.73 Å². The Labute approximate surface area is 94.5 Å². The van der Waals surface area contributed by atoms with E-state index in [9.17, 15) is 0 Å². The third-order valence-corrected chi connectivity index (χ3v) is 3.54. The van der Waals surface area contributed by atoms with Crippen LogP contribution in [0.2, 0.25) is 0 Å². The van der Waals surface area contributed by atoms with Gasteiger partial charge in [0.15, 0.2) is 5.65 Å². The Kier molecular flexibility index (Phi) is 2.09. The molecule has 0 saturated heterocycles. The number of nitrogens with zero attached hydrogens (tertiary/aromatic N) is 3. The van der Waals surface area contributed by atoms with Gasteiger partial charge < -0.3 is 10.3 Å². The Morgan fingerprint density at radius 1 is 1.38 bits per heavy atom. The molecule has 0 atom stereocenters. The van der Waals surface area contributed by atoms with Crippen molar-refractivity contribution in [3.05, 3.63) is 18.1 Å². The van der Waals surface area contributed by atoms with Gasteiger partial charge in [0.05, 0.1) is 5.69 Å². The highest BCUT2D eigenvalue weighted by atomic mass is 15.1. The van der Waals surface area contributed by atoms with Crippen LogP contribution in [0.3, 0.4) is 0 Å². The molecule has 0 unspecified atom stereocenters. The van der Waals surface area contributed by atoms with Crippen LogP contribution in [0.25, 0.3) is 11.2 Å². The molecule has 0 spiro atoms. The molecule has 1 saturated carbocycles. The first-order valence-corrected chi connectivity index (χ1v) is 5.84. The van der Waals surface area contributed by atoms with Crippen molar-refractivity contribution in [3.8, 4) is 0 Å². The highest BCUT2D eigenvalue weighted by Crippen LogP contribution is 2.34. The second kappa shape index (κ2) is 3.47. The lowest BCUT2D eigenvalue weighted by Crippen LogP contribution is -2.02. The standard InChI is InChI=1S/C12H16N4/c1-16-11(8-4-2-3-5-8)15-10-9(13)6-7-14-12(10)16/h6-8H,2-5H2,1H3,(H2,13,14). The molecular weight excluding hydrogens is 200 g/mol. The number of hydrogen-bond acceptors (Lipinski definition) is 3. The first-order valence-electron chi connectivity index (χ1n) is 5.84. The zero-order valence-electron chi connectivity index (χ0n) is 9.48. The first kappa shape index (κ1) is 9.63. The molecular formula is C12H16N4. The van der Waals surface area contributed by atoms with Gasteiger partial charge in [-0.2, -0.15) is 0 Å². The zero-order chi connectivity index (χ0) is 11.1. The molecule has 4 nitrogen and oxygen atoms in total. The van der Waals surface area contributed by atoms with Crippen LogP contribution in [0.1, 0.15) is 37.4 Å². The summed E-state index contributed by atoms with van der Waals surface area (Å²) in [5.41, 5.74) is 8.41. The summed E-state index contributed by atoms with van der Waals surface area (Å²) in [7, 11) is 2.04. The highest BCUT2D eigenvalue weighted by molar-refractivity contribution is 5.84. The van der Waals surface area contributed by atoms with Crippen LogP contribution in [0, 0.1) is 0 Å². The van der Waals surface area contributed by atoms with E-state index in [0.717, 1.165) is 22.7 Å². The largest absolute Gasteiger partial charge is 0.397 e. The van der Waals surface area contributed by atoms with Gasteiger partial charge in [-0.1, -0.05) is 12.8 Å². The maximum atomic E-state index is 5.92. The maximum absolute atomic E-state index is 5.92. The molecule has 2 aromatic heterocycles. The number of hydrogen-bond donors (Lipinski definition) is 1. The minimum Gasteiger partial charge on any atom is -0.397 e. The minimum atomic E-state index is 0.596. The molecule has 2 heterocycles. The van der Waals surface area contributed by atoms with Crippen molar-refractivity contribution in [1.82, 2.24) is 14.5 Å². The molecule has 1 aliphatic rings. The van der Waals surface area contributed by atoms with E-state index in [0.29, 0.717) is 5.92 Å². The average molecular weight is 216 g/mol. The van der Waals surface area contributed by atoms with Crippen molar-refractivity contribution < 1.29 is 0 Å². The fourth-order valence-electron chi connectivity index (χ4n) is 2.66. The molecule has 84 valence electrons. The summed E-state index contributed by atoms with van der Waals surface area (Å²) in [6.45, 7) is 0. The van der Waals surface area contributed by atoms with Gasteiger partial charge in [0.1, 0.15) is 11.3 Å². The van der Waals surface area contributed by atoms with E-state index < -0.39 is 0 Å². The molecule has 0 amide bonds. The first-order chi connectivity index (χ1) is 7.77. The SMILES string of the molecule is Cn1c(C2CCCC2)nc2c(N)ccnc21. The molecule has 0 bridgehead atoms. The molecule has 0 aromatic carbocycles. The van der Waals surface area contributed by atoms with E-state index >= 15 is 0 Å². The number of pyridine rings is 1. The van der Waals surface area contributed by atoms with E-state index in [-0.39, 0.29) is 0 Å². The van der Waals surface area contributed by atoms with Crippen LogP contribution in [-0.4, -0.2) is 14.5 Å². The normalized spacial score (nSPS) is 17.3. The van der Waals surface area contributed by atoms with Gasteiger partial charge in [0, 0.05) is 19.2 Å². The quantitative estimate of drug-likeness (QED) is 0.795. The van der Waals surface area contributed by atoms with Crippen LogP contribution in [0.4, 0.5) is 5.69 Å². The number of aryl methyl sites for hydroxylation is 1. The van der Waals surface area contributed by atoms with Crippen LogP contribution in [0.5, 0.6) is 0 Å². The summed E-state index contributed by atoms with van der Waals surface area (Å²) < 4.78 is 2.10. The summed E-state index contributed by atoms with van der Waals surface area (Å²) in [5, 5.41) is 0. The number of imidazole rings is 1. The van der Waals surface area contributed by atoms with Gasteiger partial charge in [-0.05, 0) is 18.9 Å². The van der Waals surface area contributed by atoms with E-state index in [1.54, 1.807) is 6.20 Å². The van der Waals surface area contributed by atoms with Crippen LogP contribution in [0.15, 0.2) is 12.3 Å². The fraction of sp³-hybridized carbons (Fsp3) is 0.500. The summed E-state index contributed by atoms with van der Waals surface area (Å²) in [4.78, 5) is 9.02. The molecule has 2 N–H and O–H groups in total. The van der Waals surface area contributed by atoms with Crippen molar-refractivity contribution in [3.63, 3.8) is 0 Å². The van der Waals surface area contributed by atoms with Gasteiger partial charge in [0.25, 0.3) is 0 Å². The van der Waals surface area contributed by atoms with Crippen molar-refractivity contribution in [2.45, 2.75) is 31.6 Å². The molecule has 3 rings (SSSR count). The van der Waals surface area contributed by atoms with E-state index in [4.69, 9.17) is 5.73 Å². The number of aromatic nitrogens is 3. The number of nitrogens with two attached hydrogens (primary N) is 1. The monoisotopic (exact) mass is 216 g/mol. The third kappa shape index (κ3) is 1.29. The molecule has 0 radical (unpaired) electrons. The lowest BCUT2D eigenvalue weighted by atomic mass is 10.1. The van der Waals surface area contributed by atoms with E-state index in [1.165, 1.54) is 25.7 Å². The van der Waals surface area contributed by atoms with Gasteiger partial charge in [0.2, 0.25) is 0 Å². The summed E-state index contributed by atoms with van der Waals surface area (Å²) in [6.07, 6.45) is 6.87. The smallest absolute Gasteiger partial charge is 0.161 e. The minimum absolute atomic E-state index is 0.596. The van der Waals surface area contributed by atoms with Crippen molar-refractivity contribution in [1.29, 1.82) is 0 Å². The average Bonchev–Trinajstić information content (AvgIpc) is 2.88. The van der Waals surface area contributed by atoms with Gasteiger partial charge in [-0.3, -0.25) is 0 Å². The lowest BCUT2D eigenvalue weighted by molar-refractivity contribution is 0.637. The van der Waals surface area contributed by atoms with Gasteiger partial charge >= 0.3 is 0 Å². The Hall–Kier alpha value is -1.58. The van der Waals surface area contributed by atoms with Crippen LogP contribution in [-0.2, 0) is 7.05 Å². The second-order valence-electron chi connectivity index (χ2n) is 4.58. The van der Waals surface area contributed by atoms with E-state index in [1.807, 2.05) is 13.1 Å². The van der Waals surface area contributed by atoms with Crippen LogP contribution >= 0.6 is 0 Å². The summed E-state index contributed by atoms with van der Waals surface area (Å²) in [5.74, 6) is 1.75. The lowest BCUT2D eigenvalue weighted by Gasteiger charge is -2.07. The van der Waals surface area contributed by atoms with Gasteiger partial charge in [-0.25, -0.2) is 9.97 Å². The summed E-state index contributed by atoms with van der Waals surface area (Å²) in [6, 6.07) is 1.81. The second-order valence-corrected chi connectivity index (χ2v) is 4.58. The van der Waals surface area contributed by atoms with E-state index in [2.05, 4.69) is 14.5 Å². The Bertz CT molecular complexity index is 523. The third-order valence-electron chi connectivity index (χ3n) is 3.54. The molecule has 0 aliphatic heterocycles. The Balaban J connectivity index is 2.18. The number of anilines is 1. The topological polar surface area (TPSA) is 56.7 Å². The fourth-order valence-corrected chi connectivity index (χ4v) is 2.66. The predicted molar refractivity (Wildman–Crippen MR) is 64.1 cm³/mol. The maximum Gasteiger partial charge on any atom is 0.161 e. The van der Waals surface area contributed by atoms with Crippen molar-refractivity contribution in [2.24, 2.45) is 7.05 Å². The Morgan fingerprint density at radius 2 is 2.12 bits per heavy atom. The van der Waals surface area contributed by atoms with Gasteiger partial charge in [-0.15, -0.1) is 0 Å². The number of fused-ring (bicyclic) bond motifs is 1. The molecule has 4 heteroatoms. The highest BCUT2D eigenvalue weighted by Gasteiger charge is 2.23. The summed E-state index contributed by atoms with van der Waals surface area (Å²) >= 11 is 0. The predicted octanol–water partition coefficient (Wildman–Crippen LogP) is 2.21. The molecule has 2 aromatic rings. The zero-order valence-corrected chi connectivity index (χ0v) is 9.48. The molecule has 1 aliphatic carbocycles. The van der Waals surface area contributed by atoms with Crippen molar-refractivity contribution >= 4 is 16.9 Å². The molecule has 16 heavy (non-hydrogen) atoms. The number of nitrogen functional groups attached to an aromatic ring is 1. The van der Waals surface area contributed by atoms with Crippen molar-refractivity contribution in [2.75, 3.05) is 5.73 Å². The number of rotatable bonds is 1.